The molecule has 2 aromatic rings. The minimum Gasteiger partial charge on any atom is -0.465 e. The van der Waals surface area contributed by atoms with Crippen LogP contribution in [0.15, 0.2) is 60.7 Å². The van der Waals surface area contributed by atoms with Crippen LogP contribution in [0, 0.1) is 0 Å². The van der Waals surface area contributed by atoms with Crippen molar-refractivity contribution in [1.82, 2.24) is 0 Å². The molecule has 0 aromatic heterocycles. The summed E-state index contributed by atoms with van der Waals surface area (Å²) in [6.45, 7) is 0. The first kappa shape index (κ1) is 10.7. The maximum atomic E-state index is 9.73. The summed E-state index contributed by atoms with van der Waals surface area (Å²) in [7, 11) is 0. The molecule has 0 aliphatic heterocycles. The number of ether oxygens (including phenoxy) is 1. The lowest BCUT2D eigenvalue weighted by atomic mass is 10.1. The highest BCUT2D eigenvalue weighted by atomic mass is 16.6. The molecule has 16 heavy (non-hydrogen) atoms. The van der Waals surface area contributed by atoms with Gasteiger partial charge in [0, 0.05) is 6.42 Å². The molecule has 2 aromatic carbocycles. The summed E-state index contributed by atoms with van der Waals surface area (Å²) >= 11 is 0. The lowest BCUT2D eigenvalue weighted by molar-refractivity contribution is -0.0158. The van der Waals surface area contributed by atoms with Crippen molar-refractivity contribution in [2.75, 3.05) is 0 Å². The number of aliphatic hydroxyl groups excluding tert-OH is 1. The maximum absolute atomic E-state index is 9.73. The van der Waals surface area contributed by atoms with Crippen molar-refractivity contribution >= 4 is 0 Å². The third-order valence-corrected chi connectivity index (χ3v) is 2.27. The van der Waals surface area contributed by atoms with Gasteiger partial charge in [0.25, 0.3) is 0 Å². The van der Waals surface area contributed by atoms with E-state index in [1.165, 1.54) is 0 Å². The fourth-order valence-electron chi connectivity index (χ4n) is 1.51. The molecule has 0 radical (unpaired) electrons. The van der Waals surface area contributed by atoms with Crippen LogP contribution in [0.2, 0.25) is 0 Å². The number of benzene rings is 2. The Bertz CT molecular complexity index is 370. The van der Waals surface area contributed by atoms with Crippen molar-refractivity contribution in [1.29, 1.82) is 0 Å². The molecule has 2 nitrogen and oxygen atoms in total. The second-order valence-electron chi connectivity index (χ2n) is 3.58. The van der Waals surface area contributed by atoms with Crippen molar-refractivity contribution in [3.05, 3.63) is 66.2 Å². The Morgan fingerprint density at radius 2 is 1.44 bits per heavy atom. The average Bonchev–Trinajstić information content (AvgIpc) is 2.31. The number of hydrogen-bond donors (Lipinski definition) is 1. The first-order valence-corrected chi connectivity index (χ1v) is 5.28. The lowest BCUT2D eigenvalue weighted by Gasteiger charge is -2.13. The van der Waals surface area contributed by atoms with Gasteiger partial charge in [-0.1, -0.05) is 48.5 Å². The van der Waals surface area contributed by atoms with E-state index in [1.54, 1.807) is 0 Å². The highest BCUT2D eigenvalue weighted by Gasteiger charge is 2.06. The first-order valence-electron chi connectivity index (χ1n) is 5.28. The lowest BCUT2D eigenvalue weighted by Crippen LogP contribution is -2.18. The smallest absolute Gasteiger partial charge is 0.201 e. The van der Waals surface area contributed by atoms with Gasteiger partial charge >= 0.3 is 0 Å². The number of rotatable bonds is 4. The zero-order valence-electron chi connectivity index (χ0n) is 8.91. The predicted molar refractivity (Wildman–Crippen MR) is 63.2 cm³/mol. The summed E-state index contributed by atoms with van der Waals surface area (Å²) in [4.78, 5) is 0. The molecule has 0 amide bonds. The normalized spacial score (nSPS) is 12.1. The topological polar surface area (TPSA) is 29.5 Å². The quantitative estimate of drug-likeness (QED) is 0.793. The monoisotopic (exact) mass is 214 g/mol. The van der Waals surface area contributed by atoms with Crippen LogP contribution in [0.4, 0.5) is 0 Å². The van der Waals surface area contributed by atoms with Gasteiger partial charge in [0.2, 0.25) is 6.29 Å². The van der Waals surface area contributed by atoms with E-state index in [2.05, 4.69) is 0 Å². The molecule has 0 heterocycles. The van der Waals surface area contributed by atoms with Gasteiger partial charge in [-0.2, -0.15) is 0 Å². The number of hydrogen-bond acceptors (Lipinski definition) is 2. The summed E-state index contributed by atoms with van der Waals surface area (Å²) < 4.78 is 5.37. The molecule has 0 fully saturated rings. The molecule has 0 aliphatic rings. The molecule has 1 atom stereocenters. The number of para-hydroxylation sites is 1. The Hall–Kier alpha value is -1.80. The predicted octanol–water partition coefficient (Wildman–Crippen LogP) is 2.63. The second kappa shape index (κ2) is 5.33. The molecule has 2 heteroatoms. The van der Waals surface area contributed by atoms with Crippen molar-refractivity contribution < 1.29 is 9.84 Å². The van der Waals surface area contributed by atoms with E-state index < -0.39 is 6.29 Å². The summed E-state index contributed by atoms with van der Waals surface area (Å²) in [5, 5.41) is 9.73. The van der Waals surface area contributed by atoms with Crippen LogP contribution < -0.4 is 4.74 Å². The van der Waals surface area contributed by atoms with Crippen molar-refractivity contribution in [3.63, 3.8) is 0 Å². The van der Waals surface area contributed by atoms with E-state index in [0.717, 1.165) is 5.56 Å². The highest BCUT2D eigenvalue weighted by molar-refractivity contribution is 5.21. The summed E-state index contributed by atoms with van der Waals surface area (Å²) in [5.74, 6) is 0.686. The highest BCUT2D eigenvalue weighted by Crippen LogP contribution is 2.12. The second-order valence-corrected chi connectivity index (χ2v) is 3.58. The Kier molecular flexibility index (Phi) is 3.57. The fraction of sp³-hybridized carbons (Fsp3) is 0.143. The van der Waals surface area contributed by atoms with Crippen LogP contribution >= 0.6 is 0 Å². The fourth-order valence-corrected chi connectivity index (χ4v) is 1.51. The van der Waals surface area contributed by atoms with E-state index >= 15 is 0 Å². The molecule has 2 rings (SSSR count). The number of aliphatic hydroxyl groups is 1. The molecule has 0 spiro atoms. The molecular formula is C14H14O2. The van der Waals surface area contributed by atoms with E-state index in [9.17, 15) is 5.11 Å². The summed E-state index contributed by atoms with van der Waals surface area (Å²) in [6, 6.07) is 19.1. The van der Waals surface area contributed by atoms with Crippen LogP contribution in [-0.2, 0) is 6.42 Å². The van der Waals surface area contributed by atoms with Gasteiger partial charge in [-0.15, -0.1) is 0 Å². The molecule has 1 unspecified atom stereocenters. The van der Waals surface area contributed by atoms with E-state index in [4.69, 9.17) is 4.74 Å². The standard InChI is InChI=1S/C14H14O2/c15-14(11-12-7-3-1-4-8-12)16-13-9-5-2-6-10-13/h1-10,14-15H,11H2. The van der Waals surface area contributed by atoms with Crippen molar-refractivity contribution in [2.24, 2.45) is 0 Å². The summed E-state index contributed by atoms with van der Waals surface area (Å²) in [6.07, 6.45) is -0.305. The minimum absolute atomic E-state index is 0.496. The molecule has 0 saturated carbocycles. The Morgan fingerprint density at radius 1 is 0.875 bits per heavy atom. The van der Waals surface area contributed by atoms with E-state index in [1.807, 2.05) is 60.7 Å². The van der Waals surface area contributed by atoms with E-state index in [0.29, 0.717) is 12.2 Å². The molecule has 82 valence electrons. The minimum atomic E-state index is -0.801. The van der Waals surface area contributed by atoms with Crippen LogP contribution in [-0.4, -0.2) is 11.4 Å². The zero-order valence-corrected chi connectivity index (χ0v) is 8.91. The largest absolute Gasteiger partial charge is 0.465 e. The van der Waals surface area contributed by atoms with Crippen LogP contribution in [0.1, 0.15) is 5.56 Å². The van der Waals surface area contributed by atoms with Gasteiger partial charge in [0.15, 0.2) is 0 Å². The Balaban J connectivity index is 1.92. The third kappa shape index (κ3) is 3.11. The zero-order chi connectivity index (χ0) is 11.2. The molecule has 1 N–H and O–H groups in total. The van der Waals surface area contributed by atoms with Gasteiger partial charge in [0.1, 0.15) is 5.75 Å². The molecular weight excluding hydrogens is 200 g/mol. The van der Waals surface area contributed by atoms with Gasteiger partial charge in [-0.05, 0) is 17.7 Å². The SMILES string of the molecule is OC(Cc1ccccc1)Oc1ccccc1. The Labute approximate surface area is 95.1 Å². The third-order valence-electron chi connectivity index (χ3n) is 2.27. The van der Waals surface area contributed by atoms with Crippen LogP contribution in [0.3, 0.4) is 0 Å². The van der Waals surface area contributed by atoms with Crippen LogP contribution in [0.25, 0.3) is 0 Å². The van der Waals surface area contributed by atoms with Gasteiger partial charge < -0.3 is 9.84 Å². The molecule has 0 aliphatic carbocycles. The molecule has 0 saturated heterocycles. The average molecular weight is 214 g/mol. The molecule has 0 bridgehead atoms. The van der Waals surface area contributed by atoms with E-state index in [-0.39, 0.29) is 0 Å². The maximum Gasteiger partial charge on any atom is 0.201 e. The van der Waals surface area contributed by atoms with Crippen molar-refractivity contribution in [3.8, 4) is 5.75 Å². The van der Waals surface area contributed by atoms with Crippen LogP contribution in [0.5, 0.6) is 5.75 Å². The van der Waals surface area contributed by atoms with Gasteiger partial charge in [-0.3, -0.25) is 0 Å². The first-order chi connectivity index (χ1) is 7.84. The Morgan fingerprint density at radius 3 is 2.06 bits per heavy atom. The van der Waals surface area contributed by atoms with Gasteiger partial charge in [0.05, 0.1) is 0 Å². The summed E-state index contributed by atoms with van der Waals surface area (Å²) in [5.41, 5.74) is 1.06. The van der Waals surface area contributed by atoms with Crippen molar-refractivity contribution in [2.45, 2.75) is 12.7 Å². The van der Waals surface area contributed by atoms with Gasteiger partial charge in [-0.25, -0.2) is 0 Å².